The molecule has 0 aliphatic carbocycles. The maximum atomic E-state index is 11.9. The third-order valence-electron chi connectivity index (χ3n) is 5.94. The third kappa shape index (κ3) is 25.1. The summed E-state index contributed by atoms with van der Waals surface area (Å²) < 4.78 is 27.8. The minimum absolute atomic E-state index is 0.0418. The molecule has 2 atom stereocenters. The molecule has 0 saturated carbocycles. The number of likely N-dealkylation sites (N-methyl/N-ethyl adjacent to an activating group) is 1. The van der Waals surface area contributed by atoms with Crippen molar-refractivity contribution in [1.82, 2.24) is 0 Å². The van der Waals surface area contributed by atoms with Crippen LogP contribution < -0.4 is 4.89 Å². The molecule has 0 rings (SSSR count). The largest absolute Gasteiger partial charge is 0.756 e. The molecule has 0 fully saturated rings. The van der Waals surface area contributed by atoms with E-state index in [-0.39, 0.29) is 13.2 Å². The number of hydrogen-bond donors (Lipinski definition) is 1. The summed E-state index contributed by atoms with van der Waals surface area (Å²) in [5, 5.41) is 9.36. The monoisotopic (exact) mass is 509 g/mol. The summed E-state index contributed by atoms with van der Waals surface area (Å²) in [6.45, 7) is 3.01. The van der Waals surface area contributed by atoms with Crippen LogP contribution in [-0.4, -0.2) is 69.8 Å². The molecule has 1 unspecified atom stereocenters. The zero-order chi connectivity index (χ0) is 25.5. The molecule has 0 saturated heterocycles. The van der Waals surface area contributed by atoms with E-state index in [1.807, 2.05) is 21.1 Å². The molecule has 206 valence electrons. The number of ether oxygens (including phenoxy) is 1. The molecule has 0 bridgehead atoms. The van der Waals surface area contributed by atoms with Gasteiger partial charge in [0.1, 0.15) is 19.3 Å². The van der Waals surface area contributed by atoms with Crippen molar-refractivity contribution < 1.29 is 32.8 Å². The van der Waals surface area contributed by atoms with Crippen LogP contribution in [0.15, 0.2) is 0 Å². The van der Waals surface area contributed by atoms with E-state index in [1.54, 1.807) is 0 Å². The fraction of sp³-hybridized carbons (Fsp3) is 1.00. The Kier molecular flexibility index (Phi) is 22.2. The minimum atomic E-state index is -4.45. The smallest absolute Gasteiger partial charge is 0.268 e. The number of nitrogens with zero attached hydrogens (tertiary/aromatic N) is 1. The van der Waals surface area contributed by atoms with Crippen LogP contribution in [0.4, 0.5) is 0 Å². The van der Waals surface area contributed by atoms with E-state index in [9.17, 15) is 14.6 Å². The standard InChI is InChI=1S/C26H56NO6P/c1-5-6-7-8-9-10-11-12-13-14-15-16-17-18-19-20-22-31-25-26(24-28)33-34(29,30)32-23-21-27(2,3)4/h26,28H,5-25H2,1-4H3/t26-/m0/s1. The summed E-state index contributed by atoms with van der Waals surface area (Å²) in [5.41, 5.74) is 0. The summed E-state index contributed by atoms with van der Waals surface area (Å²) >= 11 is 0. The molecule has 0 aromatic carbocycles. The van der Waals surface area contributed by atoms with Crippen molar-refractivity contribution in [1.29, 1.82) is 0 Å². The first-order chi connectivity index (χ1) is 16.2. The number of aliphatic hydroxyl groups excluding tert-OH is 1. The summed E-state index contributed by atoms with van der Waals surface area (Å²) in [7, 11) is 1.40. The Balaban J connectivity index is 3.49. The first-order valence-corrected chi connectivity index (χ1v) is 15.3. The average Bonchev–Trinajstić information content (AvgIpc) is 2.76. The quantitative estimate of drug-likeness (QED) is 0.0896. The van der Waals surface area contributed by atoms with Crippen LogP contribution >= 0.6 is 7.82 Å². The summed E-state index contributed by atoms with van der Waals surface area (Å²) in [5.74, 6) is 0. The molecule has 34 heavy (non-hydrogen) atoms. The lowest BCUT2D eigenvalue weighted by atomic mass is 10.0. The molecular formula is C26H56NO6P. The first-order valence-electron chi connectivity index (χ1n) is 13.8. The molecule has 0 heterocycles. The molecule has 0 aromatic heterocycles. The molecule has 0 aliphatic heterocycles. The van der Waals surface area contributed by atoms with E-state index in [1.165, 1.54) is 89.9 Å². The van der Waals surface area contributed by atoms with Crippen LogP contribution in [0.5, 0.6) is 0 Å². The van der Waals surface area contributed by atoms with Gasteiger partial charge in [-0.15, -0.1) is 0 Å². The molecule has 0 aromatic rings. The predicted octanol–water partition coefficient (Wildman–Crippen LogP) is 5.83. The van der Waals surface area contributed by atoms with Gasteiger partial charge in [0.25, 0.3) is 7.82 Å². The number of hydrogen-bond acceptors (Lipinski definition) is 6. The highest BCUT2D eigenvalue weighted by molar-refractivity contribution is 7.45. The van der Waals surface area contributed by atoms with Gasteiger partial charge < -0.3 is 28.3 Å². The van der Waals surface area contributed by atoms with Gasteiger partial charge >= 0.3 is 0 Å². The van der Waals surface area contributed by atoms with Gasteiger partial charge in [-0.1, -0.05) is 103 Å². The van der Waals surface area contributed by atoms with Gasteiger partial charge in [-0.3, -0.25) is 4.57 Å². The molecule has 0 spiro atoms. The topological polar surface area (TPSA) is 88.0 Å². The van der Waals surface area contributed by atoms with Crippen molar-refractivity contribution in [3.63, 3.8) is 0 Å². The molecule has 0 radical (unpaired) electrons. The summed E-state index contributed by atoms with van der Waals surface area (Å²) in [6, 6.07) is 0. The first kappa shape index (κ1) is 34.0. The highest BCUT2D eigenvalue weighted by Gasteiger charge is 2.19. The van der Waals surface area contributed by atoms with Crippen molar-refractivity contribution in [2.24, 2.45) is 0 Å². The number of phosphoric ester groups is 1. The minimum Gasteiger partial charge on any atom is -0.756 e. The van der Waals surface area contributed by atoms with Crippen LogP contribution in [0.1, 0.15) is 110 Å². The Morgan fingerprint density at radius 3 is 1.62 bits per heavy atom. The molecule has 8 heteroatoms. The highest BCUT2D eigenvalue weighted by atomic mass is 31.2. The van der Waals surface area contributed by atoms with E-state index >= 15 is 0 Å². The fourth-order valence-electron chi connectivity index (χ4n) is 3.72. The Hall–Kier alpha value is -0.0100. The van der Waals surface area contributed by atoms with E-state index in [0.29, 0.717) is 17.6 Å². The second-order valence-electron chi connectivity index (χ2n) is 10.6. The lowest BCUT2D eigenvalue weighted by molar-refractivity contribution is -0.870. The van der Waals surface area contributed by atoms with Crippen LogP contribution in [0.2, 0.25) is 0 Å². The number of unbranched alkanes of at least 4 members (excludes halogenated alkanes) is 15. The van der Waals surface area contributed by atoms with E-state index < -0.39 is 20.5 Å². The van der Waals surface area contributed by atoms with Crippen LogP contribution in [0.25, 0.3) is 0 Å². The maximum Gasteiger partial charge on any atom is 0.268 e. The van der Waals surface area contributed by atoms with Gasteiger partial charge in [0.15, 0.2) is 0 Å². The summed E-state index contributed by atoms with van der Waals surface area (Å²) in [4.78, 5) is 11.9. The molecule has 0 aliphatic rings. The van der Waals surface area contributed by atoms with Crippen molar-refractivity contribution in [2.75, 3.05) is 54.1 Å². The van der Waals surface area contributed by atoms with Gasteiger partial charge in [-0.25, -0.2) is 0 Å². The number of phosphoric acid groups is 1. The molecule has 7 nitrogen and oxygen atoms in total. The Labute approximate surface area is 210 Å². The van der Waals surface area contributed by atoms with Gasteiger partial charge in [0.05, 0.1) is 34.4 Å². The van der Waals surface area contributed by atoms with Crippen molar-refractivity contribution in [3.05, 3.63) is 0 Å². The maximum absolute atomic E-state index is 11.9. The van der Waals surface area contributed by atoms with Gasteiger partial charge in [-0.2, -0.15) is 0 Å². The van der Waals surface area contributed by atoms with Crippen molar-refractivity contribution in [3.8, 4) is 0 Å². The highest BCUT2D eigenvalue weighted by Crippen LogP contribution is 2.39. The van der Waals surface area contributed by atoms with Gasteiger partial charge in [0, 0.05) is 6.61 Å². The van der Waals surface area contributed by atoms with Gasteiger partial charge in [0.2, 0.25) is 0 Å². The lowest BCUT2D eigenvalue weighted by Gasteiger charge is -2.29. The molecular weight excluding hydrogens is 453 g/mol. The lowest BCUT2D eigenvalue weighted by Crippen LogP contribution is -2.37. The molecule has 0 amide bonds. The third-order valence-corrected chi connectivity index (χ3v) is 6.99. The number of aliphatic hydroxyl groups is 1. The van der Waals surface area contributed by atoms with E-state index in [2.05, 4.69) is 6.92 Å². The SMILES string of the molecule is CCCCCCCCCCCCCCCCCCOC[C@H](CO)OP(=O)([O-])OCC[N+](C)(C)C. The number of quaternary nitrogens is 1. The number of rotatable bonds is 26. The summed E-state index contributed by atoms with van der Waals surface area (Å²) in [6.07, 6.45) is 20.2. The Bertz CT molecular complexity index is 486. The van der Waals surface area contributed by atoms with E-state index in [4.69, 9.17) is 13.8 Å². The Morgan fingerprint density at radius 1 is 0.765 bits per heavy atom. The van der Waals surface area contributed by atoms with Crippen molar-refractivity contribution >= 4 is 7.82 Å². The second kappa shape index (κ2) is 22.2. The van der Waals surface area contributed by atoms with Crippen LogP contribution in [0, 0.1) is 0 Å². The normalized spacial score (nSPS) is 14.9. The predicted molar refractivity (Wildman–Crippen MR) is 139 cm³/mol. The second-order valence-corrected chi connectivity index (χ2v) is 11.9. The zero-order valence-electron chi connectivity index (χ0n) is 22.8. The average molecular weight is 510 g/mol. The van der Waals surface area contributed by atoms with Crippen molar-refractivity contribution in [2.45, 2.75) is 116 Å². The van der Waals surface area contributed by atoms with Crippen LogP contribution in [0.3, 0.4) is 0 Å². The Morgan fingerprint density at radius 2 is 1.21 bits per heavy atom. The van der Waals surface area contributed by atoms with Gasteiger partial charge in [-0.05, 0) is 6.42 Å². The van der Waals surface area contributed by atoms with E-state index in [0.717, 1.165) is 12.8 Å². The van der Waals surface area contributed by atoms with Crippen LogP contribution in [-0.2, 0) is 18.3 Å². The fourth-order valence-corrected chi connectivity index (χ4v) is 4.58. The molecule has 1 N–H and O–H groups in total. The zero-order valence-corrected chi connectivity index (χ0v) is 23.7.